The molecule has 0 N–H and O–H groups in total. The van der Waals surface area contributed by atoms with E-state index < -0.39 is 0 Å². The van der Waals surface area contributed by atoms with Crippen LogP contribution in [-0.2, 0) is 0 Å². The molecule has 0 heterocycles. The second-order valence-corrected chi connectivity index (χ2v) is 7.21. The highest BCUT2D eigenvalue weighted by Crippen LogP contribution is 2.32. The molecule has 104 valence electrons. The highest BCUT2D eigenvalue weighted by Gasteiger charge is 2.07. The quantitative estimate of drug-likeness (QED) is 0.374. The number of methoxy groups -OCH3 is 1. The van der Waals surface area contributed by atoms with E-state index in [1.807, 2.05) is 30.5 Å². The molecule has 0 amide bonds. The Labute approximate surface area is 149 Å². The Kier molecular flexibility index (Phi) is 5.63. The molecule has 5 heteroatoms. The number of hydrogen-bond acceptors (Lipinski definition) is 2. The van der Waals surface area contributed by atoms with Crippen LogP contribution in [0.3, 0.4) is 0 Å². The zero-order valence-corrected chi connectivity index (χ0v) is 16.3. The van der Waals surface area contributed by atoms with Crippen molar-refractivity contribution >= 4 is 66.4 Å². The molecule has 0 aromatic heterocycles. The van der Waals surface area contributed by atoms with Crippen molar-refractivity contribution in [2.45, 2.75) is 6.92 Å². The molecule has 0 aliphatic carbocycles. The van der Waals surface area contributed by atoms with Crippen molar-refractivity contribution in [1.82, 2.24) is 0 Å². The third-order valence-electron chi connectivity index (χ3n) is 2.74. The normalized spacial score (nSPS) is 11.1. The number of nitrogens with zero attached hydrogens (tertiary/aromatic N) is 1. The first-order valence-electron chi connectivity index (χ1n) is 5.84. The van der Waals surface area contributed by atoms with Gasteiger partial charge >= 0.3 is 0 Å². The van der Waals surface area contributed by atoms with E-state index in [4.69, 9.17) is 4.74 Å². The van der Waals surface area contributed by atoms with E-state index in [9.17, 15) is 0 Å². The summed E-state index contributed by atoms with van der Waals surface area (Å²) < 4.78 is 8.49. The minimum Gasteiger partial charge on any atom is -0.495 e. The van der Waals surface area contributed by atoms with Gasteiger partial charge in [0, 0.05) is 19.8 Å². The molecule has 0 aliphatic heterocycles. The highest BCUT2D eigenvalue weighted by molar-refractivity contribution is 14.1. The Morgan fingerprint density at radius 1 is 1.20 bits per heavy atom. The van der Waals surface area contributed by atoms with Crippen molar-refractivity contribution in [2.24, 2.45) is 4.99 Å². The molecular weight excluding hydrogens is 497 g/mol. The largest absolute Gasteiger partial charge is 0.495 e. The molecule has 20 heavy (non-hydrogen) atoms. The van der Waals surface area contributed by atoms with Gasteiger partial charge in [-0.15, -0.1) is 0 Å². The number of halogens is 3. The molecule has 0 atom stereocenters. The van der Waals surface area contributed by atoms with Gasteiger partial charge in [-0.2, -0.15) is 0 Å². The van der Waals surface area contributed by atoms with Gasteiger partial charge in [0.1, 0.15) is 5.75 Å². The SMILES string of the molecule is COc1c(Br)cc(Br)cc1C=Nc1ccc(I)cc1C. The first-order valence-corrected chi connectivity index (χ1v) is 8.51. The highest BCUT2D eigenvalue weighted by atomic mass is 127. The van der Waals surface area contributed by atoms with E-state index >= 15 is 0 Å². The molecule has 0 saturated heterocycles. The molecule has 0 fully saturated rings. The van der Waals surface area contributed by atoms with E-state index in [2.05, 4.69) is 72.4 Å². The average molecular weight is 509 g/mol. The minimum atomic E-state index is 0.778. The summed E-state index contributed by atoms with van der Waals surface area (Å²) in [5.41, 5.74) is 3.04. The molecule has 2 rings (SSSR count). The lowest BCUT2D eigenvalue weighted by Crippen LogP contribution is -1.92. The Morgan fingerprint density at radius 2 is 1.95 bits per heavy atom. The first-order chi connectivity index (χ1) is 9.51. The van der Waals surface area contributed by atoms with Gasteiger partial charge in [-0.1, -0.05) is 15.9 Å². The second-order valence-electron chi connectivity index (χ2n) is 4.20. The topological polar surface area (TPSA) is 21.6 Å². The summed E-state index contributed by atoms with van der Waals surface area (Å²) in [6.07, 6.45) is 1.82. The van der Waals surface area contributed by atoms with Gasteiger partial charge in [-0.05, 0) is 81.3 Å². The molecule has 0 unspecified atom stereocenters. The number of hydrogen-bond donors (Lipinski definition) is 0. The molecule has 2 aromatic carbocycles. The predicted molar refractivity (Wildman–Crippen MR) is 99.5 cm³/mol. The fourth-order valence-electron chi connectivity index (χ4n) is 1.79. The Morgan fingerprint density at radius 3 is 2.60 bits per heavy atom. The summed E-state index contributed by atoms with van der Waals surface area (Å²) in [7, 11) is 1.65. The number of benzene rings is 2. The van der Waals surface area contributed by atoms with Crippen LogP contribution in [0.2, 0.25) is 0 Å². The lowest BCUT2D eigenvalue weighted by Gasteiger charge is -2.08. The van der Waals surface area contributed by atoms with Crippen LogP contribution in [-0.4, -0.2) is 13.3 Å². The van der Waals surface area contributed by atoms with Crippen LogP contribution in [0.15, 0.2) is 44.3 Å². The zero-order valence-electron chi connectivity index (χ0n) is 11.0. The van der Waals surface area contributed by atoms with Crippen LogP contribution in [0.4, 0.5) is 5.69 Å². The molecule has 0 aliphatic rings. The molecular formula is C15H12Br2INO. The average Bonchev–Trinajstić information content (AvgIpc) is 2.37. The van der Waals surface area contributed by atoms with Crippen molar-refractivity contribution in [3.63, 3.8) is 0 Å². The predicted octanol–water partition coefficient (Wildman–Crippen LogP) is 5.88. The summed E-state index contributed by atoms with van der Waals surface area (Å²) in [6.45, 7) is 2.06. The Balaban J connectivity index is 2.41. The third kappa shape index (κ3) is 3.83. The second kappa shape index (κ2) is 7.04. The van der Waals surface area contributed by atoms with Crippen LogP contribution in [0, 0.1) is 10.5 Å². The monoisotopic (exact) mass is 507 g/mol. The Hall–Kier alpha value is -0.400. The standard InChI is InChI=1S/C15H12Br2INO/c1-9-5-12(18)3-4-14(9)19-8-10-6-11(16)7-13(17)15(10)20-2/h3-8H,1-2H3. The maximum Gasteiger partial charge on any atom is 0.141 e. The molecule has 0 spiro atoms. The van der Waals surface area contributed by atoms with E-state index in [1.54, 1.807) is 7.11 Å². The summed E-state index contributed by atoms with van der Waals surface area (Å²) in [4.78, 5) is 4.56. The Bertz CT molecular complexity index is 671. The molecule has 0 bridgehead atoms. The van der Waals surface area contributed by atoms with Gasteiger partial charge in [-0.3, -0.25) is 4.99 Å². The minimum absolute atomic E-state index is 0.778. The van der Waals surface area contributed by atoms with Crippen LogP contribution in [0.1, 0.15) is 11.1 Å². The zero-order chi connectivity index (χ0) is 14.7. The van der Waals surface area contributed by atoms with Crippen LogP contribution < -0.4 is 4.74 Å². The van der Waals surface area contributed by atoms with Gasteiger partial charge in [0.15, 0.2) is 0 Å². The van der Waals surface area contributed by atoms with E-state index in [-0.39, 0.29) is 0 Å². The molecule has 2 aromatic rings. The lowest BCUT2D eigenvalue weighted by molar-refractivity contribution is 0.411. The fraction of sp³-hybridized carbons (Fsp3) is 0.133. The maximum absolute atomic E-state index is 5.41. The summed E-state index contributed by atoms with van der Waals surface area (Å²) in [6, 6.07) is 10.1. The number of aliphatic imine (C=N–C) groups is 1. The van der Waals surface area contributed by atoms with Crippen molar-refractivity contribution in [3.05, 3.63) is 54.0 Å². The van der Waals surface area contributed by atoms with Crippen molar-refractivity contribution in [3.8, 4) is 5.75 Å². The van der Waals surface area contributed by atoms with Gasteiger partial charge < -0.3 is 4.74 Å². The fourth-order valence-corrected chi connectivity index (χ4v) is 3.86. The lowest BCUT2D eigenvalue weighted by atomic mass is 10.2. The van der Waals surface area contributed by atoms with Crippen molar-refractivity contribution < 1.29 is 4.74 Å². The molecule has 0 radical (unpaired) electrons. The first kappa shape index (κ1) is 16.0. The van der Waals surface area contributed by atoms with Crippen molar-refractivity contribution in [1.29, 1.82) is 0 Å². The summed E-state index contributed by atoms with van der Waals surface area (Å²) >= 11 is 9.27. The number of ether oxygens (including phenoxy) is 1. The molecule has 0 saturated carbocycles. The van der Waals surface area contributed by atoms with Gasteiger partial charge in [0.25, 0.3) is 0 Å². The third-order valence-corrected chi connectivity index (χ3v) is 4.46. The molecule has 2 nitrogen and oxygen atoms in total. The van der Waals surface area contributed by atoms with Gasteiger partial charge in [0.2, 0.25) is 0 Å². The van der Waals surface area contributed by atoms with E-state index in [0.717, 1.165) is 31.5 Å². The van der Waals surface area contributed by atoms with E-state index in [0.29, 0.717) is 0 Å². The van der Waals surface area contributed by atoms with E-state index in [1.165, 1.54) is 3.57 Å². The smallest absolute Gasteiger partial charge is 0.141 e. The maximum atomic E-state index is 5.41. The van der Waals surface area contributed by atoms with Crippen LogP contribution in [0.5, 0.6) is 5.75 Å². The van der Waals surface area contributed by atoms with Crippen LogP contribution >= 0.6 is 54.5 Å². The summed E-state index contributed by atoms with van der Waals surface area (Å²) in [5.74, 6) is 0.778. The number of aryl methyl sites for hydroxylation is 1. The van der Waals surface area contributed by atoms with Gasteiger partial charge in [-0.25, -0.2) is 0 Å². The van der Waals surface area contributed by atoms with Crippen LogP contribution in [0.25, 0.3) is 0 Å². The van der Waals surface area contributed by atoms with Gasteiger partial charge in [0.05, 0.1) is 17.3 Å². The number of rotatable bonds is 3. The summed E-state index contributed by atoms with van der Waals surface area (Å²) in [5, 5.41) is 0. The van der Waals surface area contributed by atoms with Crippen molar-refractivity contribution in [2.75, 3.05) is 7.11 Å².